The Hall–Kier alpha value is -1.97. The zero-order valence-electron chi connectivity index (χ0n) is 12.1. The summed E-state index contributed by atoms with van der Waals surface area (Å²) in [5, 5.41) is 12.3. The average molecular weight is 368 g/mol. The summed E-state index contributed by atoms with van der Waals surface area (Å²) < 4.78 is 6.81. The highest BCUT2D eigenvalue weighted by Crippen LogP contribution is 2.34. The number of carbonyl (C=O) groups excluding carboxylic acids is 1. The van der Waals surface area contributed by atoms with Gasteiger partial charge in [0.2, 0.25) is 5.16 Å². The molecule has 0 aliphatic heterocycles. The van der Waals surface area contributed by atoms with Crippen molar-refractivity contribution in [1.82, 2.24) is 25.2 Å². The number of halogens is 1. The first-order valence-electron chi connectivity index (χ1n) is 6.36. The summed E-state index contributed by atoms with van der Waals surface area (Å²) in [5.74, 6) is -0.516. The number of hydrogen-bond acceptors (Lipinski definition) is 8. The Morgan fingerprint density at radius 3 is 2.78 bits per heavy atom. The quantitative estimate of drug-likeness (QED) is 0.655. The number of thiazole rings is 1. The third kappa shape index (κ3) is 3.36. The lowest BCUT2D eigenvalue weighted by atomic mass is 10.2. The van der Waals surface area contributed by atoms with E-state index in [4.69, 9.17) is 11.6 Å². The fourth-order valence-electron chi connectivity index (χ4n) is 1.71. The van der Waals surface area contributed by atoms with E-state index < -0.39 is 5.97 Å². The van der Waals surface area contributed by atoms with E-state index in [2.05, 4.69) is 25.2 Å². The topological polar surface area (TPSA) is 82.8 Å². The molecule has 1 aromatic carbocycles. The Morgan fingerprint density at radius 2 is 2.09 bits per heavy atom. The third-order valence-corrected chi connectivity index (χ3v) is 5.25. The van der Waals surface area contributed by atoms with Gasteiger partial charge in [-0.2, -0.15) is 4.68 Å². The predicted octanol–water partition coefficient (Wildman–Crippen LogP) is 3.02. The van der Waals surface area contributed by atoms with Crippen molar-refractivity contribution in [2.45, 2.75) is 16.4 Å². The van der Waals surface area contributed by atoms with Gasteiger partial charge in [-0.1, -0.05) is 40.6 Å². The standard InChI is InChI=1S/C13H10ClN5O2S2/c1-7-3-5-8(6-4-7)19-12(16-17-18-19)23-13-15-10(14)9(22-13)11(20)21-2/h3-6H,1-2H3. The van der Waals surface area contributed by atoms with Crippen molar-refractivity contribution in [2.24, 2.45) is 0 Å². The van der Waals surface area contributed by atoms with Crippen molar-refractivity contribution in [3.63, 3.8) is 0 Å². The van der Waals surface area contributed by atoms with Crippen LogP contribution in [0.3, 0.4) is 0 Å². The summed E-state index contributed by atoms with van der Waals surface area (Å²) >= 11 is 8.32. The van der Waals surface area contributed by atoms with Gasteiger partial charge in [-0.15, -0.1) is 5.10 Å². The smallest absolute Gasteiger partial charge is 0.351 e. The maximum Gasteiger partial charge on any atom is 0.351 e. The molecule has 7 nitrogen and oxygen atoms in total. The zero-order chi connectivity index (χ0) is 16.4. The van der Waals surface area contributed by atoms with E-state index in [9.17, 15) is 4.79 Å². The van der Waals surface area contributed by atoms with Crippen LogP contribution in [0.1, 0.15) is 15.2 Å². The number of rotatable bonds is 4. The molecule has 2 heterocycles. The molecule has 0 amide bonds. The van der Waals surface area contributed by atoms with Crippen molar-refractivity contribution in [3.05, 3.63) is 39.9 Å². The van der Waals surface area contributed by atoms with Crippen LogP contribution in [0.5, 0.6) is 0 Å². The summed E-state index contributed by atoms with van der Waals surface area (Å²) in [4.78, 5) is 16.0. The van der Waals surface area contributed by atoms with Crippen molar-refractivity contribution < 1.29 is 9.53 Å². The Kier molecular flexibility index (Phi) is 4.60. The van der Waals surface area contributed by atoms with Gasteiger partial charge in [0, 0.05) is 0 Å². The summed E-state index contributed by atoms with van der Waals surface area (Å²) in [6.45, 7) is 2.00. The minimum atomic E-state index is -0.516. The number of esters is 1. The van der Waals surface area contributed by atoms with E-state index in [1.165, 1.54) is 18.9 Å². The zero-order valence-corrected chi connectivity index (χ0v) is 14.4. The fraction of sp³-hybridized carbons (Fsp3) is 0.154. The number of aromatic nitrogens is 5. The molecular formula is C13H10ClN5O2S2. The van der Waals surface area contributed by atoms with E-state index in [0.29, 0.717) is 9.50 Å². The van der Waals surface area contributed by atoms with Crippen LogP contribution in [0.4, 0.5) is 0 Å². The van der Waals surface area contributed by atoms with Crippen LogP contribution in [0.15, 0.2) is 33.8 Å². The maximum atomic E-state index is 11.6. The Balaban J connectivity index is 1.89. The van der Waals surface area contributed by atoms with E-state index in [1.807, 2.05) is 31.2 Å². The van der Waals surface area contributed by atoms with Crippen LogP contribution in [-0.2, 0) is 4.74 Å². The van der Waals surface area contributed by atoms with Gasteiger partial charge in [-0.3, -0.25) is 0 Å². The average Bonchev–Trinajstić information content (AvgIpc) is 3.14. The highest BCUT2D eigenvalue weighted by molar-refractivity contribution is 8.00. The molecular weight excluding hydrogens is 358 g/mol. The molecule has 0 bridgehead atoms. The molecule has 0 aliphatic rings. The number of tetrazole rings is 1. The molecule has 118 valence electrons. The summed E-state index contributed by atoms with van der Waals surface area (Å²) in [5.41, 5.74) is 1.98. The normalized spacial score (nSPS) is 10.7. The number of carbonyl (C=O) groups is 1. The van der Waals surface area contributed by atoms with E-state index in [1.54, 1.807) is 4.68 Å². The number of methoxy groups -OCH3 is 1. The predicted molar refractivity (Wildman–Crippen MR) is 86.5 cm³/mol. The number of hydrogen-bond donors (Lipinski definition) is 0. The Labute approximate surface area is 144 Å². The van der Waals surface area contributed by atoms with Gasteiger partial charge in [-0.25, -0.2) is 9.78 Å². The van der Waals surface area contributed by atoms with Crippen molar-refractivity contribution in [1.29, 1.82) is 0 Å². The summed E-state index contributed by atoms with van der Waals surface area (Å²) in [6.07, 6.45) is 0. The molecule has 0 atom stereocenters. The molecule has 0 unspecified atom stereocenters. The monoisotopic (exact) mass is 367 g/mol. The lowest BCUT2D eigenvalue weighted by molar-refractivity contribution is 0.0606. The number of ether oxygens (including phenoxy) is 1. The lowest BCUT2D eigenvalue weighted by Crippen LogP contribution is -1.98. The van der Waals surface area contributed by atoms with E-state index >= 15 is 0 Å². The van der Waals surface area contributed by atoms with Crippen LogP contribution in [-0.4, -0.2) is 38.3 Å². The second-order valence-corrected chi connectivity index (χ2v) is 6.97. The molecule has 3 rings (SSSR count). The molecule has 0 N–H and O–H groups in total. The Morgan fingerprint density at radius 1 is 1.35 bits per heavy atom. The molecule has 2 aromatic heterocycles. The van der Waals surface area contributed by atoms with Crippen LogP contribution in [0, 0.1) is 6.92 Å². The van der Waals surface area contributed by atoms with Crippen LogP contribution in [0.25, 0.3) is 5.69 Å². The molecule has 10 heteroatoms. The van der Waals surface area contributed by atoms with E-state index in [-0.39, 0.29) is 10.0 Å². The fourth-order valence-corrected chi connectivity index (χ4v) is 3.94. The molecule has 0 saturated carbocycles. The maximum absolute atomic E-state index is 11.6. The van der Waals surface area contributed by atoms with E-state index in [0.717, 1.165) is 22.6 Å². The molecule has 0 saturated heterocycles. The van der Waals surface area contributed by atoms with Crippen molar-refractivity contribution >= 4 is 40.7 Å². The van der Waals surface area contributed by atoms with Gasteiger partial charge in [0.25, 0.3) is 0 Å². The molecule has 23 heavy (non-hydrogen) atoms. The minimum Gasteiger partial charge on any atom is -0.465 e. The first kappa shape index (κ1) is 15.9. The Bertz CT molecular complexity index is 846. The van der Waals surface area contributed by atoms with Gasteiger partial charge >= 0.3 is 5.97 Å². The first-order chi connectivity index (χ1) is 11.1. The highest BCUT2D eigenvalue weighted by atomic mass is 35.5. The van der Waals surface area contributed by atoms with Crippen LogP contribution < -0.4 is 0 Å². The van der Waals surface area contributed by atoms with Crippen molar-refractivity contribution in [3.8, 4) is 5.69 Å². The van der Waals surface area contributed by atoms with Gasteiger partial charge in [-0.05, 0) is 41.2 Å². The largest absolute Gasteiger partial charge is 0.465 e. The molecule has 0 fully saturated rings. The summed E-state index contributed by atoms with van der Waals surface area (Å²) in [7, 11) is 1.29. The molecule has 0 aliphatic carbocycles. The minimum absolute atomic E-state index is 0.110. The highest BCUT2D eigenvalue weighted by Gasteiger charge is 2.20. The summed E-state index contributed by atoms with van der Waals surface area (Å²) in [6, 6.07) is 7.79. The van der Waals surface area contributed by atoms with Crippen molar-refractivity contribution in [2.75, 3.05) is 7.11 Å². The number of nitrogens with zero attached hydrogens (tertiary/aromatic N) is 5. The van der Waals surface area contributed by atoms with Gasteiger partial charge in [0.05, 0.1) is 12.8 Å². The first-order valence-corrected chi connectivity index (χ1v) is 8.37. The van der Waals surface area contributed by atoms with Gasteiger partial charge in [0.15, 0.2) is 14.4 Å². The molecule has 0 spiro atoms. The second kappa shape index (κ2) is 6.65. The molecule has 0 radical (unpaired) electrons. The lowest BCUT2D eigenvalue weighted by Gasteiger charge is -2.02. The SMILES string of the molecule is COC(=O)c1sc(Sc2nnnn2-c2ccc(C)cc2)nc1Cl. The van der Waals surface area contributed by atoms with Gasteiger partial charge < -0.3 is 4.74 Å². The molecule has 3 aromatic rings. The van der Waals surface area contributed by atoms with Crippen LogP contribution >= 0.6 is 34.7 Å². The number of aryl methyl sites for hydroxylation is 1. The number of benzene rings is 1. The second-order valence-electron chi connectivity index (χ2n) is 4.40. The third-order valence-electron chi connectivity index (χ3n) is 2.84. The van der Waals surface area contributed by atoms with Gasteiger partial charge in [0.1, 0.15) is 0 Å². The van der Waals surface area contributed by atoms with Crippen LogP contribution in [0.2, 0.25) is 5.15 Å².